The van der Waals surface area contributed by atoms with Gasteiger partial charge in [-0.2, -0.15) is 5.10 Å². The molecule has 1 heterocycles. The average molecular weight is 295 g/mol. The van der Waals surface area contributed by atoms with Crippen LogP contribution in [-0.4, -0.2) is 21.9 Å². The summed E-state index contributed by atoms with van der Waals surface area (Å²) >= 11 is 7.73. The summed E-state index contributed by atoms with van der Waals surface area (Å²) in [5.74, 6) is 0.0311. The highest BCUT2D eigenvalue weighted by Crippen LogP contribution is 2.29. The summed E-state index contributed by atoms with van der Waals surface area (Å²) in [7, 11) is 0. The van der Waals surface area contributed by atoms with Gasteiger partial charge in [-0.1, -0.05) is 17.7 Å². The van der Waals surface area contributed by atoms with Crippen molar-refractivity contribution in [1.29, 1.82) is 5.41 Å². The molecule has 1 aromatic carbocycles. The number of aryl methyl sites for hydroxylation is 1. The van der Waals surface area contributed by atoms with E-state index >= 15 is 0 Å². The number of amidine groups is 1. The van der Waals surface area contributed by atoms with Gasteiger partial charge in [0.2, 0.25) is 0 Å². The molecule has 0 atom stereocenters. The fraction of sp³-hybridized carbons (Fsp3) is 0.231. The highest BCUT2D eigenvalue weighted by Gasteiger charge is 2.17. The van der Waals surface area contributed by atoms with Crippen LogP contribution in [0.25, 0.3) is 5.69 Å². The zero-order chi connectivity index (χ0) is 14.2. The van der Waals surface area contributed by atoms with Crippen LogP contribution >= 0.6 is 23.4 Å². The van der Waals surface area contributed by atoms with Crippen LogP contribution < -0.4 is 5.73 Å². The first-order chi connectivity index (χ1) is 8.97. The molecule has 2 aromatic rings. The number of benzene rings is 1. The summed E-state index contributed by atoms with van der Waals surface area (Å²) in [6, 6.07) is 5.77. The Morgan fingerprint density at radius 1 is 1.42 bits per heavy atom. The highest BCUT2D eigenvalue weighted by atomic mass is 35.5. The number of hydrogen-bond acceptors (Lipinski definition) is 3. The maximum absolute atomic E-state index is 7.79. The van der Waals surface area contributed by atoms with E-state index in [1.165, 1.54) is 0 Å². The van der Waals surface area contributed by atoms with Crippen LogP contribution in [-0.2, 0) is 0 Å². The molecule has 0 saturated heterocycles. The Morgan fingerprint density at radius 3 is 2.58 bits per heavy atom. The van der Waals surface area contributed by atoms with Crippen molar-refractivity contribution in [2.24, 2.45) is 5.73 Å². The number of nitrogens with zero attached hydrogens (tertiary/aromatic N) is 2. The van der Waals surface area contributed by atoms with E-state index in [1.54, 1.807) is 16.4 Å². The van der Waals surface area contributed by atoms with E-state index < -0.39 is 0 Å². The first-order valence-electron chi connectivity index (χ1n) is 5.70. The predicted molar refractivity (Wildman–Crippen MR) is 80.8 cm³/mol. The molecule has 4 nitrogen and oxygen atoms in total. The molecule has 0 aliphatic rings. The molecule has 0 aliphatic heterocycles. The maximum atomic E-state index is 7.79. The molecule has 0 spiro atoms. The Morgan fingerprint density at radius 2 is 2.11 bits per heavy atom. The van der Waals surface area contributed by atoms with E-state index in [0.717, 1.165) is 22.0 Å². The number of nitrogen functional groups attached to an aromatic ring is 1. The van der Waals surface area contributed by atoms with E-state index in [2.05, 4.69) is 5.10 Å². The number of hydrogen-bond donors (Lipinski definition) is 2. The zero-order valence-electron chi connectivity index (χ0n) is 11.0. The summed E-state index contributed by atoms with van der Waals surface area (Å²) in [5.41, 5.74) is 8.81. The van der Waals surface area contributed by atoms with Gasteiger partial charge in [0.25, 0.3) is 0 Å². The Bertz CT molecular complexity index is 648. The lowest BCUT2D eigenvalue weighted by molar-refractivity contribution is 0.828. The third-order valence-corrected chi connectivity index (χ3v) is 4.25. The Kier molecular flexibility index (Phi) is 3.87. The van der Waals surface area contributed by atoms with E-state index in [4.69, 9.17) is 22.7 Å². The smallest absolute Gasteiger partial charge is 0.126 e. The molecule has 0 fully saturated rings. The van der Waals surface area contributed by atoms with Crippen molar-refractivity contribution in [2.45, 2.75) is 18.7 Å². The largest absolute Gasteiger partial charge is 0.384 e. The van der Waals surface area contributed by atoms with Crippen LogP contribution in [0.1, 0.15) is 17.0 Å². The average Bonchev–Trinajstić information content (AvgIpc) is 2.65. The Balaban J connectivity index is 2.75. The lowest BCUT2D eigenvalue weighted by Gasteiger charge is -2.13. The second-order valence-electron chi connectivity index (χ2n) is 4.16. The molecule has 3 N–H and O–H groups in total. The summed E-state index contributed by atoms with van der Waals surface area (Å²) in [6.45, 7) is 3.76. The van der Waals surface area contributed by atoms with Gasteiger partial charge in [0.05, 0.1) is 27.7 Å². The minimum atomic E-state index is 0.0311. The monoisotopic (exact) mass is 294 g/mol. The standard InChI is InChI=1S/C13H15ClN4S/c1-7-12(14)8(2)18(17-7)9-5-4-6-10(19-3)11(9)13(15)16/h4-6H,1-3H3,(H3,15,16). The second-order valence-corrected chi connectivity index (χ2v) is 5.39. The summed E-state index contributed by atoms with van der Waals surface area (Å²) in [5, 5.41) is 12.9. The fourth-order valence-corrected chi connectivity index (χ4v) is 2.75. The molecule has 0 unspecified atom stereocenters. The zero-order valence-corrected chi connectivity index (χ0v) is 12.6. The molecule has 100 valence electrons. The fourth-order valence-electron chi connectivity index (χ4n) is 2.00. The number of halogens is 1. The van der Waals surface area contributed by atoms with E-state index in [9.17, 15) is 0 Å². The Labute approximate surface area is 121 Å². The van der Waals surface area contributed by atoms with Crippen molar-refractivity contribution < 1.29 is 0 Å². The predicted octanol–water partition coefficient (Wildman–Crippen LogP) is 3.15. The van der Waals surface area contributed by atoms with Crippen molar-refractivity contribution in [1.82, 2.24) is 9.78 Å². The van der Waals surface area contributed by atoms with Crippen LogP contribution in [0.4, 0.5) is 0 Å². The molecule has 0 saturated carbocycles. The van der Waals surface area contributed by atoms with Crippen molar-refractivity contribution in [3.8, 4) is 5.69 Å². The number of nitrogens with one attached hydrogen (secondary N) is 1. The van der Waals surface area contributed by atoms with Crippen LogP contribution in [0.2, 0.25) is 5.02 Å². The number of nitrogens with two attached hydrogens (primary N) is 1. The summed E-state index contributed by atoms with van der Waals surface area (Å²) in [6.07, 6.45) is 1.96. The Hall–Kier alpha value is -1.46. The van der Waals surface area contributed by atoms with Gasteiger partial charge in [-0.3, -0.25) is 5.41 Å². The van der Waals surface area contributed by atoms with Gasteiger partial charge in [0, 0.05) is 4.90 Å². The summed E-state index contributed by atoms with van der Waals surface area (Å²) < 4.78 is 1.74. The topological polar surface area (TPSA) is 67.7 Å². The molecule has 19 heavy (non-hydrogen) atoms. The van der Waals surface area contributed by atoms with Gasteiger partial charge in [-0.15, -0.1) is 11.8 Å². The molecule has 0 aliphatic carbocycles. The van der Waals surface area contributed by atoms with E-state index in [-0.39, 0.29) is 5.84 Å². The normalized spacial score (nSPS) is 10.7. The lowest BCUT2D eigenvalue weighted by Crippen LogP contribution is -2.17. The van der Waals surface area contributed by atoms with Gasteiger partial charge in [0.1, 0.15) is 5.84 Å². The van der Waals surface area contributed by atoms with Crippen molar-refractivity contribution in [3.63, 3.8) is 0 Å². The molecular formula is C13H15ClN4S. The SMILES string of the molecule is CSc1cccc(-n2nc(C)c(Cl)c2C)c1C(=N)N. The first-order valence-corrected chi connectivity index (χ1v) is 7.31. The summed E-state index contributed by atoms with van der Waals surface area (Å²) in [4.78, 5) is 0.952. The maximum Gasteiger partial charge on any atom is 0.126 e. The van der Waals surface area contributed by atoms with Gasteiger partial charge in [0.15, 0.2) is 0 Å². The first kappa shape index (κ1) is 14.0. The molecule has 0 radical (unpaired) electrons. The highest BCUT2D eigenvalue weighted by molar-refractivity contribution is 7.98. The lowest BCUT2D eigenvalue weighted by atomic mass is 10.1. The second kappa shape index (κ2) is 5.27. The third-order valence-electron chi connectivity index (χ3n) is 2.92. The van der Waals surface area contributed by atoms with Gasteiger partial charge in [-0.25, -0.2) is 4.68 Å². The molecule has 2 rings (SSSR count). The molecule has 1 aromatic heterocycles. The van der Waals surface area contributed by atoms with E-state index in [0.29, 0.717) is 10.6 Å². The van der Waals surface area contributed by atoms with Gasteiger partial charge < -0.3 is 5.73 Å². The quantitative estimate of drug-likeness (QED) is 0.519. The van der Waals surface area contributed by atoms with Gasteiger partial charge >= 0.3 is 0 Å². The van der Waals surface area contributed by atoms with Crippen LogP contribution in [0.15, 0.2) is 23.1 Å². The van der Waals surface area contributed by atoms with E-state index in [1.807, 2.05) is 38.3 Å². The number of rotatable bonds is 3. The molecule has 0 bridgehead atoms. The van der Waals surface area contributed by atoms with Crippen molar-refractivity contribution in [3.05, 3.63) is 40.2 Å². The third kappa shape index (κ3) is 2.35. The van der Waals surface area contributed by atoms with Crippen molar-refractivity contribution >= 4 is 29.2 Å². The molecule has 6 heteroatoms. The van der Waals surface area contributed by atoms with Crippen LogP contribution in [0.3, 0.4) is 0 Å². The minimum Gasteiger partial charge on any atom is -0.384 e. The van der Waals surface area contributed by atoms with Crippen LogP contribution in [0.5, 0.6) is 0 Å². The minimum absolute atomic E-state index is 0.0311. The number of thioether (sulfide) groups is 1. The number of aromatic nitrogens is 2. The van der Waals surface area contributed by atoms with Crippen LogP contribution in [0, 0.1) is 19.3 Å². The molecular weight excluding hydrogens is 280 g/mol. The molecule has 0 amide bonds. The van der Waals surface area contributed by atoms with Gasteiger partial charge in [-0.05, 0) is 32.2 Å². The van der Waals surface area contributed by atoms with Crippen molar-refractivity contribution in [2.75, 3.05) is 6.26 Å².